The van der Waals surface area contributed by atoms with Crippen molar-refractivity contribution >= 4 is 43.6 Å². The van der Waals surface area contributed by atoms with Crippen molar-refractivity contribution in [2.75, 3.05) is 18.9 Å². The van der Waals surface area contributed by atoms with Crippen LogP contribution in [0.2, 0.25) is 0 Å². The van der Waals surface area contributed by atoms with Crippen molar-refractivity contribution < 1.29 is 26.3 Å². The van der Waals surface area contributed by atoms with Gasteiger partial charge in [0.25, 0.3) is 0 Å². The number of hydrogen-bond donors (Lipinski definition) is 1. The molecule has 2 heterocycles. The molecule has 0 bridgehead atoms. The van der Waals surface area contributed by atoms with Crippen LogP contribution in [0.15, 0.2) is 70.6 Å². The number of rotatable bonds is 8. The molecule has 0 aliphatic rings. The maximum absolute atomic E-state index is 13.3. The molecular weight excluding hydrogens is 487 g/mol. The molecular formula is C23H20F3N3O3S2. The second-order valence-corrected chi connectivity index (χ2v) is 10.0. The fourth-order valence-electron chi connectivity index (χ4n) is 3.45. The first-order valence-electron chi connectivity index (χ1n) is 10.3. The van der Waals surface area contributed by atoms with Gasteiger partial charge in [0.15, 0.2) is 0 Å². The molecule has 0 radical (unpaired) electrons. The lowest BCUT2D eigenvalue weighted by molar-refractivity contribution is -0.141. The molecule has 11 heteroatoms. The molecule has 0 spiro atoms. The molecule has 6 nitrogen and oxygen atoms in total. The Morgan fingerprint density at radius 3 is 2.59 bits per heavy atom. The zero-order chi connectivity index (χ0) is 24.3. The summed E-state index contributed by atoms with van der Waals surface area (Å²) in [5, 5.41) is 0.996. The van der Waals surface area contributed by atoms with Crippen LogP contribution < -0.4 is 9.46 Å². The minimum Gasteiger partial charge on any atom is -0.492 e. The van der Waals surface area contributed by atoms with Crippen molar-refractivity contribution in [1.29, 1.82) is 0 Å². The summed E-state index contributed by atoms with van der Waals surface area (Å²) in [6.07, 6.45) is -3.02. The standard InChI is InChI=1S/C23H20F3N3O3S2/c1-2-32-18-9-10-20(16-7-5-11-27-22(16)18)34(30,31)28-12-13-33-19-14-21(23(24,25)26)29-17-8-4-3-6-15(17)19/h3-11,14,28H,2,12-13H2,1H3. The lowest BCUT2D eigenvalue weighted by Gasteiger charge is -2.13. The molecule has 0 saturated heterocycles. The molecule has 0 atom stereocenters. The SMILES string of the molecule is CCOc1ccc(S(=O)(=O)NCCSc2cc(C(F)(F)F)nc3ccccc23)c2cccnc12. The van der Waals surface area contributed by atoms with E-state index in [2.05, 4.69) is 14.7 Å². The van der Waals surface area contributed by atoms with Gasteiger partial charge in [-0.2, -0.15) is 13.2 Å². The second-order valence-electron chi connectivity index (χ2n) is 7.16. The number of halogens is 3. The molecule has 2 aromatic heterocycles. The molecule has 0 aliphatic heterocycles. The fourth-order valence-corrected chi connectivity index (χ4v) is 5.75. The summed E-state index contributed by atoms with van der Waals surface area (Å²) >= 11 is 1.13. The molecule has 0 fully saturated rings. The Bertz CT molecular complexity index is 1440. The molecule has 1 N–H and O–H groups in total. The van der Waals surface area contributed by atoms with Gasteiger partial charge in [0.2, 0.25) is 10.0 Å². The summed E-state index contributed by atoms with van der Waals surface area (Å²) in [6.45, 7) is 2.25. The van der Waals surface area contributed by atoms with Crippen LogP contribution in [0, 0.1) is 0 Å². The van der Waals surface area contributed by atoms with Gasteiger partial charge >= 0.3 is 6.18 Å². The number of thioether (sulfide) groups is 1. The van der Waals surface area contributed by atoms with Crippen molar-refractivity contribution in [2.45, 2.75) is 22.9 Å². The van der Waals surface area contributed by atoms with Gasteiger partial charge in [0.05, 0.1) is 17.0 Å². The summed E-state index contributed by atoms with van der Waals surface area (Å²) < 4.78 is 73.8. The van der Waals surface area contributed by atoms with Gasteiger partial charge in [0, 0.05) is 34.2 Å². The average Bonchev–Trinajstić information content (AvgIpc) is 2.81. The van der Waals surface area contributed by atoms with E-state index in [1.165, 1.54) is 12.1 Å². The lowest BCUT2D eigenvalue weighted by atomic mass is 10.2. The quantitative estimate of drug-likeness (QED) is 0.259. The summed E-state index contributed by atoms with van der Waals surface area (Å²) in [7, 11) is -3.90. The summed E-state index contributed by atoms with van der Waals surface area (Å²) in [6, 6.07) is 13.8. The van der Waals surface area contributed by atoms with E-state index >= 15 is 0 Å². The normalized spacial score (nSPS) is 12.4. The first-order chi connectivity index (χ1) is 16.2. The number of nitrogens with one attached hydrogen (secondary N) is 1. The van der Waals surface area contributed by atoms with Gasteiger partial charge in [-0.3, -0.25) is 4.98 Å². The third-order valence-corrected chi connectivity index (χ3v) is 7.48. The molecule has 34 heavy (non-hydrogen) atoms. The Hall–Kier alpha value is -2.89. The molecule has 0 aliphatic carbocycles. The van der Waals surface area contributed by atoms with Crippen LogP contribution in [-0.4, -0.2) is 37.3 Å². The van der Waals surface area contributed by atoms with E-state index in [0.29, 0.717) is 33.5 Å². The summed E-state index contributed by atoms with van der Waals surface area (Å²) in [4.78, 5) is 8.38. The van der Waals surface area contributed by atoms with E-state index in [4.69, 9.17) is 4.74 Å². The van der Waals surface area contributed by atoms with Crippen LogP contribution in [0.5, 0.6) is 5.75 Å². The number of pyridine rings is 2. The largest absolute Gasteiger partial charge is 0.492 e. The van der Waals surface area contributed by atoms with Crippen LogP contribution in [0.25, 0.3) is 21.8 Å². The van der Waals surface area contributed by atoms with Crippen LogP contribution in [-0.2, 0) is 16.2 Å². The van der Waals surface area contributed by atoms with E-state index in [1.54, 1.807) is 42.6 Å². The molecule has 2 aromatic carbocycles. The zero-order valence-corrected chi connectivity index (χ0v) is 19.6. The molecule has 4 aromatic rings. The lowest BCUT2D eigenvalue weighted by Crippen LogP contribution is -2.26. The molecule has 0 amide bonds. The number of alkyl halides is 3. The van der Waals surface area contributed by atoms with Crippen molar-refractivity contribution in [3.8, 4) is 5.75 Å². The summed E-state index contributed by atoms with van der Waals surface area (Å²) in [5.41, 5.74) is -0.319. The van der Waals surface area contributed by atoms with Gasteiger partial charge < -0.3 is 4.74 Å². The molecule has 178 valence electrons. The number of aromatic nitrogens is 2. The number of hydrogen-bond acceptors (Lipinski definition) is 6. The van der Waals surface area contributed by atoms with E-state index in [-0.39, 0.29) is 22.7 Å². The van der Waals surface area contributed by atoms with Gasteiger partial charge in [-0.1, -0.05) is 18.2 Å². The van der Waals surface area contributed by atoms with E-state index < -0.39 is 21.9 Å². The number of sulfonamides is 1. The smallest absolute Gasteiger partial charge is 0.433 e. The number of nitrogens with zero attached hydrogens (tertiary/aromatic N) is 2. The Balaban J connectivity index is 1.53. The van der Waals surface area contributed by atoms with Crippen molar-refractivity contribution in [1.82, 2.24) is 14.7 Å². The highest BCUT2D eigenvalue weighted by Crippen LogP contribution is 2.35. The topological polar surface area (TPSA) is 81.2 Å². The maximum Gasteiger partial charge on any atom is 0.433 e. The van der Waals surface area contributed by atoms with Crippen molar-refractivity contribution in [3.05, 3.63) is 66.5 Å². The van der Waals surface area contributed by atoms with Crippen LogP contribution in [0.3, 0.4) is 0 Å². The van der Waals surface area contributed by atoms with Gasteiger partial charge in [-0.25, -0.2) is 18.1 Å². The van der Waals surface area contributed by atoms with Crippen molar-refractivity contribution in [2.24, 2.45) is 0 Å². The second kappa shape index (κ2) is 9.77. The maximum atomic E-state index is 13.3. The predicted octanol–water partition coefficient (Wildman–Crippen LogP) is 5.27. The molecule has 4 rings (SSSR count). The Morgan fingerprint density at radius 2 is 1.82 bits per heavy atom. The van der Waals surface area contributed by atoms with Gasteiger partial charge in [0.1, 0.15) is 17.0 Å². The highest BCUT2D eigenvalue weighted by molar-refractivity contribution is 7.99. The first-order valence-corrected chi connectivity index (χ1v) is 12.8. The highest BCUT2D eigenvalue weighted by atomic mass is 32.2. The summed E-state index contributed by atoms with van der Waals surface area (Å²) in [5.74, 6) is 0.704. The zero-order valence-electron chi connectivity index (χ0n) is 18.0. The third kappa shape index (κ3) is 5.11. The Morgan fingerprint density at radius 1 is 1.06 bits per heavy atom. The van der Waals surface area contributed by atoms with E-state index in [9.17, 15) is 21.6 Å². The van der Waals surface area contributed by atoms with E-state index in [1.807, 2.05) is 6.92 Å². The first kappa shape index (κ1) is 24.2. The predicted molar refractivity (Wildman–Crippen MR) is 126 cm³/mol. The highest BCUT2D eigenvalue weighted by Gasteiger charge is 2.33. The number of benzene rings is 2. The van der Waals surface area contributed by atoms with Gasteiger partial charge in [-0.15, -0.1) is 11.8 Å². The monoisotopic (exact) mass is 507 g/mol. The van der Waals surface area contributed by atoms with Crippen LogP contribution >= 0.6 is 11.8 Å². The number of ether oxygens (including phenoxy) is 1. The molecule has 0 unspecified atom stereocenters. The minimum atomic E-state index is -4.58. The van der Waals surface area contributed by atoms with Crippen molar-refractivity contribution in [3.63, 3.8) is 0 Å². The average molecular weight is 508 g/mol. The van der Waals surface area contributed by atoms with E-state index in [0.717, 1.165) is 17.8 Å². The number of para-hydroxylation sites is 1. The van der Waals surface area contributed by atoms with Crippen LogP contribution in [0.4, 0.5) is 13.2 Å². The fraction of sp³-hybridized carbons (Fsp3) is 0.217. The Labute approximate surface area is 198 Å². The Kier molecular flexibility index (Phi) is 6.96. The van der Waals surface area contributed by atoms with Crippen LogP contribution in [0.1, 0.15) is 12.6 Å². The third-order valence-electron chi connectivity index (χ3n) is 4.90. The minimum absolute atomic E-state index is 0.0139. The number of fused-ring (bicyclic) bond motifs is 2. The van der Waals surface area contributed by atoms with Gasteiger partial charge in [-0.05, 0) is 43.3 Å². The molecule has 0 saturated carbocycles.